The maximum absolute atomic E-state index is 12.2. The molecule has 1 aliphatic carbocycles. The summed E-state index contributed by atoms with van der Waals surface area (Å²) in [5.74, 6) is -0.633. The van der Waals surface area contributed by atoms with Crippen LogP contribution in [0.25, 0.3) is 10.6 Å². The topological polar surface area (TPSA) is 68.3 Å². The van der Waals surface area contributed by atoms with Crippen LogP contribution in [0.4, 0.5) is 0 Å². The third kappa shape index (κ3) is 5.12. The zero-order chi connectivity index (χ0) is 17.6. The molecule has 1 N–H and O–H groups in total. The van der Waals surface area contributed by atoms with E-state index in [2.05, 4.69) is 10.3 Å². The zero-order valence-electron chi connectivity index (χ0n) is 14.2. The van der Waals surface area contributed by atoms with Gasteiger partial charge in [0.05, 0.1) is 12.1 Å². The predicted octanol–water partition coefficient (Wildman–Crippen LogP) is 3.79. The van der Waals surface area contributed by atoms with E-state index >= 15 is 0 Å². The molecule has 0 radical (unpaired) electrons. The molecule has 7 heteroatoms. The fraction of sp³-hybridized carbons (Fsp3) is 0.500. The number of thiophene rings is 1. The maximum Gasteiger partial charge on any atom is 0.312 e. The lowest BCUT2D eigenvalue weighted by Gasteiger charge is -2.24. The lowest BCUT2D eigenvalue weighted by molar-refractivity contribution is -0.154. The first-order chi connectivity index (χ1) is 12.1. The molecule has 0 unspecified atom stereocenters. The summed E-state index contributed by atoms with van der Waals surface area (Å²) in [7, 11) is 0. The number of nitrogens with zero attached hydrogens (tertiary/aromatic N) is 1. The van der Waals surface area contributed by atoms with E-state index in [9.17, 15) is 9.59 Å². The van der Waals surface area contributed by atoms with Gasteiger partial charge >= 0.3 is 5.97 Å². The minimum absolute atomic E-state index is 0.0850. The third-order valence-corrected chi connectivity index (χ3v) is 5.90. The molecule has 0 aromatic carbocycles. The molecule has 1 saturated carbocycles. The molecule has 134 valence electrons. The number of carbonyl (C=O) groups excluding carboxylic acids is 2. The minimum atomic E-state index is -0.774. The van der Waals surface area contributed by atoms with Crippen LogP contribution in [-0.2, 0) is 20.7 Å². The normalized spacial score (nSPS) is 16.4. The highest BCUT2D eigenvalue weighted by molar-refractivity contribution is 7.14. The van der Waals surface area contributed by atoms with Crippen LogP contribution in [-0.4, -0.2) is 29.0 Å². The molecule has 0 bridgehead atoms. The molecule has 1 aliphatic rings. The van der Waals surface area contributed by atoms with Crippen molar-refractivity contribution in [2.75, 3.05) is 0 Å². The Bertz CT molecular complexity index is 706. The summed E-state index contributed by atoms with van der Waals surface area (Å²) in [6, 6.07) is 2.22. The Labute approximate surface area is 155 Å². The number of thiazole rings is 1. The van der Waals surface area contributed by atoms with Gasteiger partial charge in [0.15, 0.2) is 6.10 Å². The van der Waals surface area contributed by atoms with Gasteiger partial charge in [-0.2, -0.15) is 11.3 Å². The molecule has 3 rings (SSSR count). The molecular formula is C18H22N2O3S2. The molecule has 0 saturated heterocycles. The number of ether oxygens (including phenoxy) is 1. The Morgan fingerprint density at radius 3 is 2.84 bits per heavy atom. The Morgan fingerprint density at radius 1 is 1.32 bits per heavy atom. The van der Waals surface area contributed by atoms with Crippen LogP contribution in [0.5, 0.6) is 0 Å². The number of hydrogen-bond acceptors (Lipinski definition) is 6. The molecule has 0 aliphatic heterocycles. The van der Waals surface area contributed by atoms with Crippen molar-refractivity contribution in [1.29, 1.82) is 0 Å². The molecule has 1 amide bonds. The van der Waals surface area contributed by atoms with Crippen molar-refractivity contribution in [3.8, 4) is 10.6 Å². The molecule has 0 spiro atoms. The van der Waals surface area contributed by atoms with Gasteiger partial charge < -0.3 is 10.1 Å². The average molecular weight is 379 g/mol. The first kappa shape index (κ1) is 18.1. The van der Waals surface area contributed by atoms with Crippen LogP contribution in [0.2, 0.25) is 0 Å². The first-order valence-electron chi connectivity index (χ1n) is 8.58. The van der Waals surface area contributed by atoms with Gasteiger partial charge in [0.25, 0.3) is 5.91 Å². The van der Waals surface area contributed by atoms with E-state index in [1.165, 1.54) is 17.8 Å². The van der Waals surface area contributed by atoms with Crippen LogP contribution in [0, 0.1) is 0 Å². The lowest BCUT2D eigenvalue weighted by Crippen LogP contribution is -2.42. The molecule has 2 aromatic heterocycles. The highest BCUT2D eigenvalue weighted by Crippen LogP contribution is 2.26. The Morgan fingerprint density at radius 2 is 2.12 bits per heavy atom. The molecular weight excluding hydrogens is 356 g/mol. The zero-order valence-corrected chi connectivity index (χ0v) is 15.8. The SMILES string of the molecule is C[C@@H](OC(=O)Cc1csc(-c2ccsc2)n1)C(=O)NC1CCCCC1. The largest absolute Gasteiger partial charge is 0.452 e. The number of rotatable bonds is 6. The van der Waals surface area contributed by atoms with Crippen molar-refractivity contribution in [2.45, 2.75) is 57.6 Å². The molecule has 1 atom stereocenters. The molecule has 2 heterocycles. The quantitative estimate of drug-likeness (QED) is 0.777. The van der Waals surface area contributed by atoms with Crippen molar-refractivity contribution < 1.29 is 14.3 Å². The number of aromatic nitrogens is 1. The van der Waals surface area contributed by atoms with Crippen LogP contribution in [0.3, 0.4) is 0 Å². The van der Waals surface area contributed by atoms with E-state index in [1.54, 1.807) is 18.3 Å². The summed E-state index contributed by atoms with van der Waals surface area (Å²) < 4.78 is 5.27. The van der Waals surface area contributed by atoms with Gasteiger partial charge in [0.1, 0.15) is 5.01 Å². The fourth-order valence-corrected chi connectivity index (χ4v) is 4.44. The second-order valence-corrected chi connectivity index (χ2v) is 7.95. The third-order valence-electron chi connectivity index (χ3n) is 4.27. The van der Waals surface area contributed by atoms with E-state index in [-0.39, 0.29) is 18.4 Å². The van der Waals surface area contributed by atoms with Gasteiger partial charge in [-0.1, -0.05) is 19.3 Å². The Hall–Kier alpha value is -1.73. The van der Waals surface area contributed by atoms with Crippen LogP contribution in [0.15, 0.2) is 22.2 Å². The molecule has 2 aromatic rings. The molecule has 1 fully saturated rings. The smallest absolute Gasteiger partial charge is 0.312 e. The Balaban J connectivity index is 1.47. The Kier molecular flexibility index (Phi) is 6.20. The molecule has 25 heavy (non-hydrogen) atoms. The number of esters is 1. The van der Waals surface area contributed by atoms with E-state index < -0.39 is 12.1 Å². The van der Waals surface area contributed by atoms with E-state index in [4.69, 9.17) is 4.74 Å². The van der Waals surface area contributed by atoms with Gasteiger partial charge in [0, 0.05) is 22.4 Å². The molecule has 5 nitrogen and oxygen atoms in total. The van der Waals surface area contributed by atoms with Crippen LogP contribution >= 0.6 is 22.7 Å². The summed E-state index contributed by atoms with van der Waals surface area (Å²) in [5.41, 5.74) is 1.74. The van der Waals surface area contributed by atoms with E-state index in [0.29, 0.717) is 5.69 Å². The minimum Gasteiger partial charge on any atom is -0.452 e. The summed E-state index contributed by atoms with van der Waals surface area (Å²) in [6.07, 6.45) is 4.86. The highest BCUT2D eigenvalue weighted by Gasteiger charge is 2.22. The summed E-state index contributed by atoms with van der Waals surface area (Å²) in [5, 5.41) is 9.76. The van der Waals surface area contributed by atoms with Crippen molar-refractivity contribution >= 4 is 34.6 Å². The standard InChI is InChI=1S/C18H22N2O3S2/c1-12(17(22)19-14-5-3-2-4-6-14)23-16(21)9-15-11-25-18(20-15)13-7-8-24-10-13/h7-8,10-12,14H,2-6,9H2,1H3,(H,19,22)/t12-/m1/s1. The maximum atomic E-state index is 12.2. The monoisotopic (exact) mass is 378 g/mol. The van der Waals surface area contributed by atoms with Crippen molar-refractivity contribution in [2.24, 2.45) is 0 Å². The summed E-state index contributed by atoms with van der Waals surface area (Å²) >= 11 is 3.12. The highest BCUT2D eigenvalue weighted by atomic mass is 32.1. The number of carbonyl (C=O) groups is 2. The lowest BCUT2D eigenvalue weighted by atomic mass is 9.95. The average Bonchev–Trinajstić information content (AvgIpc) is 3.26. The van der Waals surface area contributed by atoms with Crippen LogP contribution < -0.4 is 5.32 Å². The van der Waals surface area contributed by atoms with E-state index in [0.717, 1.165) is 36.3 Å². The second-order valence-electron chi connectivity index (χ2n) is 6.31. The summed E-state index contributed by atoms with van der Waals surface area (Å²) in [6.45, 7) is 1.62. The van der Waals surface area contributed by atoms with Gasteiger partial charge in [-0.15, -0.1) is 11.3 Å². The summed E-state index contributed by atoms with van der Waals surface area (Å²) in [4.78, 5) is 28.7. The van der Waals surface area contributed by atoms with Crippen molar-refractivity contribution in [1.82, 2.24) is 10.3 Å². The van der Waals surface area contributed by atoms with Gasteiger partial charge in [-0.25, -0.2) is 4.98 Å². The second kappa shape index (κ2) is 8.58. The van der Waals surface area contributed by atoms with Gasteiger partial charge in [0.2, 0.25) is 0 Å². The van der Waals surface area contributed by atoms with Crippen molar-refractivity contribution in [3.05, 3.63) is 27.9 Å². The van der Waals surface area contributed by atoms with Gasteiger partial charge in [-0.3, -0.25) is 9.59 Å². The van der Waals surface area contributed by atoms with Crippen molar-refractivity contribution in [3.63, 3.8) is 0 Å². The number of amides is 1. The fourth-order valence-electron chi connectivity index (χ4n) is 2.91. The first-order valence-corrected chi connectivity index (χ1v) is 10.4. The van der Waals surface area contributed by atoms with Gasteiger partial charge in [-0.05, 0) is 31.2 Å². The van der Waals surface area contributed by atoms with Crippen LogP contribution in [0.1, 0.15) is 44.7 Å². The number of nitrogens with one attached hydrogen (secondary N) is 1. The number of hydrogen-bond donors (Lipinski definition) is 1. The van der Waals surface area contributed by atoms with E-state index in [1.807, 2.05) is 22.2 Å². The predicted molar refractivity (Wildman–Crippen MR) is 99.7 cm³/mol.